The first-order chi connectivity index (χ1) is 14.5. The van der Waals surface area contributed by atoms with Crippen molar-refractivity contribution in [3.63, 3.8) is 0 Å². The lowest BCUT2D eigenvalue weighted by Crippen LogP contribution is -2.52. The summed E-state index contributed by atoms with van der Waals surface area (Å²) >= 11 is 6.20. The number of fused-ring (bicyclic) bond motifs is 1. The Morgan fingerprint density at radius 2 is 1.47 bits per heavy atom. The normalized spacial score (nSPS) is 20.8. The number of imide groups is 1. The highest BCUT2D eigenvalue weighted by Gasteiger charge is 2.51. The van der Waals surface area contributed by atoms with Crippen LogP contribution in [0.3, 0.4) is 0 Å². The van der Waals surface area contributed by atoms with Crippen molar-refractivity contribution in [3.05, 3.63) is 70.7 Å². The third-order valence-electron chi connectivity index (χ3n) is 5.79. The van der Waals surface area contributed by atoms with Gasteiger partial charge in [-0.1, -0.05) is 66.9 Å². The number of Topliss-reactive ketones (excluding diaryl/α,β-unsaturated/α-hetero) is 1. The van der Waals surface area contributed by atoms with Crippen molar-refractivity contribution in [3.8, 4) is 0 Å². The minimum atomic E-state index is -0.648. The Morgan fingerprint density at radius 1 is 0.900 bits per heavy atom. The molecule has 1 saturated heterocycles. The fraction of sp³-hybridized carbons (Fsp3) is 0.304. The van der Waals surface area contributed by atoms with Gasteiger partial charge >= 0.3 is 0 Å². The van der Waals surface area contributed by atoms with Gasteiger partial charge in [0, 0.05) is 5.56 Å². The third kappa shape index (κ3) is 3.63. The zero-order valence-corrected chi connectivity index (χ0v) is 17.0. The molecule has 4 rings (SSSR count). The Hall–Kier alpha value is -2.99. The van der Waals surface area contributed by atoms with E-state index in [1.165, 1.54) is 6.07 Å². The summed E-state index contributed by atoms with van der Waals surface area (Å²) in [5, 5.41) is 2.06. The molecule has 3 amide bonds. The second-order valence-corrected chi connectivity index (χ2v) is 8.02. The van der Waals surface area contributed by atoms with Crippen LogP contribution in [0.15, 0.2) is 54.6 Å². The molecule has 0 N–H and O–H groups in total. The number of hydrazine groups is 1. The lowest BCUT2D eigenvalue weighted by Gasteiger charge is -2.30. The monoisotopic (exact) mass is 424 g/mol. The first-order valence-corrected chi connectivity index (χ1v) is 10.4. The van der Waals surface area contributed by atoms with Crippen molar-refractivity contribution in [2.45, 2.75) is 25.7 Å². The maximum atomic E-state index is 13.4. The van der Waals surface area contributed by atoms with Crippen molar-refractivity contribution in [2.75, 3.05) is 6.54 Å². The smallest absolute Gasteiger partial charge is 0.274 e. The van der Waals surface area contributed by atoms with Gasteiger partial charge in [0.1, 0.15) is 6.54 Å². The number of rotatable bonds is 5. The molecule has 0 aromatic heterocycles. The standard InChI is InChI=1S/C23H21ClN2O4/c24-19-13-7-6-12-18(19)21(28)25(14-20(27)15-8-2-1-3-9-15)26-22(29)16-10-4-5-11-17(16)23(26)30/h1-3,6-9,12-13,16-17H,4-5,10-11,14H2/t16-,17-/m0/s1. The molecular weight excluding hydrogens is 404 g/mol. The molecule has 2 aliphatic rings. The molecule has 0 bridgehead atoms. The van der Waals surface area contributed by atoms with Gasteiger partial charge in [0.05, 0.1) is 22.4 Å². The fourth-order valence-corrected chi connectivity index (χ4v) is 4.46. The average molecular weight is 425 g/mol. The first-order valence-electron chi connectivity index (χ1n) is 10.0. The van der Waals surface area contributed by atoms with E-state index in [-0.39, 0.29) is 16.4 Å². The van der Waals surface area contributed by atoms with E-state index >= 15 is 0 Å². The first kappa shape index (κ1) is 20.3. The molecule has 0 radical (unpaired) electrons. The van der Waals surface area contributed by atoms with Crippen LogP contribution in [-0.4, -0.2) is 40.1 Å². The molecule has 6 nitrogen and oxygen atoms in total. The molecule has 2 atom stereocenters. The molecule has 7 heteroatoms. The maximum absolute atomic E-state index is 13.4. The van der Waals surface area contributed by atoms with E-state index < -0.39 is 36.1 Å². The number of nitrogens with zero attached hydrogens (tertiary/aromatic N) is 2. The van der Waals surface area contributed by atoms with Gasteiger partial charge in [-0.05, 0) is 25.0 Å². The van der Waals surface area contributed by atoms with Crippen LogP contribution >= 0.6 is 11.6 Å². The molecule has 30 heavy (non-hydrogen) atoms. The van der Waals surface area contributed by atoms with Gasteiger partial charge in [0.2, 0.25) is 0 Å². The van der Waals surface area contributed by atoms with E-state index in [1.54, 1.807) is 48.5 Å². The average Bonchev–Trinajstić information content (AvgIpc) is 3.03. The van der Waals surface area contributed by atoms with E-state index in [0.29, 0.717) is 18.4 Å². The van der Waals surface area contributed by atoms with E-state index in [9.17, 15) is 19.2 Å². The molecular formula is C23H21ClN2O4. The number of ketones is 1. The van der Waals surface area contributed by atoms with Crippen molar-refractivity contribution >= 4 is 35.1 Å². The van der Waals surface area contributed by atoms with Crippen LogP contribution in [0.25, 0.3) is 0 Å². The summed E-state index contributed by atoms with van der Waals surface area (Å²) in [6.45, 7) is -0.426. The number of hydrogen-bond donors (Lipinski definition) is 0. The zero-order valence-electron chi connectivity index (χ0n) is 16.3. The Kier molecular flexibility index (Phi) is 5.68. The van der Waals surface area contributed by atoms with Crippen LogP contribution in [0.5, 0.6) is 0 Å². The number of carbonyl (C=O) groups is 4. The second-order valence-electron chi connectivity index (χ2n) is 7.62. The number of carbonyl (C=O) groups excluding carboxylic acids is 4. The summed E-state index contributed by atoms with van der Waals surface area (Å²) in [5.74, 6) is -2.70. The molecule has 1 heterocycles. The van der Waals surface area contributed by atoms with Crippen molar-refractivity contribution in [1.29, 1.82) is 0 Å². The Morgan fingerprint density at radius 3 is 2.07 bits per heavy atom. The van der Waals surface area contributed by atoms with Gasteiger partial charge in [-0.2, -0.15) is 5.01 Å². The predicted molar refractivity (Wildman–Crippen MR) is 111 cm³/mol. The van der Waals surface area contributed by atoms with E-state index in [1.807, 2.05) is 0 Å². The third-order valence-corrected chi connectivity index (χ3v) is 6.12. The van der Waals surface area contributed by atoms with E-state index in [0.717, 1.165) is 22.9 Å². The highest BCUT2D eigenvalue weighted by molar-refractivity contribution is 6.34. The van der Waals surface area contributed by atoms with Gasteiger partial charge in [-0.15, -0.1) is 0 Å². The molecule has 2 fully saturated rings. The van der Waals surface area contributed by atoms with Crippen molar-refractivity contribution in [2.24, 2.45) is 11.8 Å². The second kappa shape index (κ2) is 8.40. The number of amides is 3. The van der Waals surface area contributed by atoms with Crippen LogP contribution in [0.1, 0.15) is 46.4 Å². The van der Waals surface area contributed by atoms with Crippen LogP contribution in [-0.2, 0) is 9.59 Å². The van der Waals surface area contributed by atoms with Gasteiger partial charge in [-0.3, -0.25) is 19.2 Å². The van der Waals surface area contributed by atoms with Gasteiger partial charge in [0.25, 0.3) is 17.7 Å². The van der Waals surface area contributed by atoms with Gasteiger partial charge < -0.3 is 0 Å². The quantitative estimate of drug-likeness (QED) is 0.541. The highest BCUT2D eigenvalue weighted by atomic mass is 35.5. The van der Waals surface area contributed by atoms with Crippen molar-refractivity contribution in [1.82, 2.24) is 10.0 Å². The molecule has 154 valence electrons. The number of benzene rings is 2. The summed E-state index contributed by atoms with van der Waals surface area (Å²) in [5.41, 5.74) is 0.529. The molecule has 2 aromatic rings. The largest absolute Gasteiger partial charge is 0.292 e. The number of hydrogen-bond acceptors (Lipinski definition) is 4. The lowest BCUT2D eigenvalue weighted by molar-refractivity contribution is -0.154. The Labute approximate surface area is 179 Å². The highest BCUT2D eigenvalue weighted by Crippen LogP contribution is 2.39. The summed E-state index contributed by atoms with van der Waals surface area (Å²) in [6, 6.07) is 14.9. The molecule has 0 unspecified atom stereocenters. The van der Waals surface area contributed by atoms with Crippen LogP contribution < -0.4 is 0 Å². The molecule has 2 aromatic carbocycles. The fourth-order valence-electron chi connectivity index (χ4n) is 4.24. The Bertz CT molecular complexity index is 983. The van der Waals surface area contributed by atoms with Crippen LogP contribution in [0.2, 0.25) is 5.02 Å². The number of halogens is 1. The molecule has 0 spiro atoms. The van der Waals surface area contributed by atoms with Crippen molar-refractivity contribution < 1.29 is 19.2 Å². The molecule has 1 aliphatic heterocycles. The van der Waals surface area contributed by atoms with Gasteiger partial charge in [-0.25, -0.2) is 5.01 Å². The minimum absolute atomic E-state index is 0.135. The van der Waals surface area contributed by atoms with Gasteiger partial charge in [0.15, 0.2) is 5.78 Å². The molecule has 1 aliphatic carbocycles. The Balaban J connectivity index is 1.71. The zero-order chi connectivity index (χ0) is 21.3. The summed E-state index contributed by atoms with van der Waals surface area (Å²) in [7, 11) is 0. The lowest BCUT2D eigenvalue weighted by atomic mass is 9.81. The predicted octanol–water partition coefficient (Wildman–Crippen LogP) is 3.76. The summed E-state index contributed by atoms with van der Waals surface area (Å²) < 4.78 is 0. The molecule has 1 saturated carbocycles. The minimum Gasteiger partial charge on any atom is -0.292 e. The van der Waals surface area contributed by atoms with E-state index in [2.05, 4.69) is 0 Å². The topological polar surface area (TPSA) is 74.8 Å². The summed E-state index contributed by atoms with van der Waals surface area (Å²) in [4.78, 5) is 52.4. The summed E-state index contributed by atoms with van der Waals surface area (Å²) in [6.07, 6.45) is 2.98. The maximum Gasteiger partial charge on any atom is 0.274 e. The van der Waals surface area contributed by atoms with Crippen LogP contribution in [0.4, 0.5) is 0 Å². The SMILES string of the molecule is O=C(CN(C(=O)c1ccccc1Cl)N1C(=O)[C@H]2CCCC[C@@H]2C1=O)c1ccccc1. The van der Waals surface area contributed by atoms with E-state index in [4.69, 9.17) is 11.6 Å². The van der Waals surface area contributed by atoms with Crippen LogP contribution in [0, 0.1) is 11.8 Å².